The van der Waals surface area contributed by atoms with Gasteiger partial charge in [-0.1, -0.05) is 24.3 Å². The molecule has 232 valence electrons. The lowest BCUT2D eigenvalue weighted by Crippen LogP contribution is -2.38. The summed E-state index contributed by atoms with van der Waals surface area (Å²) >= 11 is 0. The van der Waals surface area contributed by atoms with Crippen molar-refractivity contribution in [3.63, 3.8) is 0 Å². The van der Waals surface area contributed by atoms with Gasteiger partial charge in [0.05, 0.1) is 16.7 Å². The van der Waals surface area contributed by atoms with Crippen LogP contribution >= 0.6 is 0 Å². The standard InChI is InChI=1S/C34H32N8O4/c1-39-20-26(19-37-39)25-17-31(32(35)36-18-25)33(43)38-27-15-16-41(21-27)34(44)24-5-3-22(4-6-24)23-7-9-28(10-8-23)40(2)29-11-13-30(14-12-29)42(45)46/h3-14,17-20,27H,15-16,21H2,1-2H3,(H2,35,36)(H,38,43)/t27-/m1/s1. The van der Waals surface area contributed by atoms with Crippen molar-refractivity contribution >= 4 is 34.7 Å². The van der Waals surface area contributed by atoms with Gasteiger partial charge in [-0.05, 0) is 60.0 Å². The molecule has 0 aliphatic carbocycles. The van der Waals surface area contributed by atoms with E-state index in [0.29, 0.717) is 25.1 Å². The lowest BCUT2D eigenvalue weighted by molar-refractivity contribution is -0.384. The van der Waals surface area contributed by atoms with Gasteiger partial charge in [-0.2, -0.15) is 5.10 Å². The van der Waals surface area contributed by atoms with E-state index in [4.69, 9.17) is 5.73 Å². The number of hydrogen-bond donors (Lipinski definition) is 2. The number of aromatic nitrogens is 3. The third kappa shape index (κ3) is 6.27. The summed E-state index contributed by atoms with van der Waals surface area (Å²) in [4.78, 5) is 44.8. The Balaban J connectivity index is 1.06. The number of nitrogens with two attached hydrogens (primary N) is 1. The number of nitro benzene ring substituents is 1. The number of likely N-dealkylation sites (tertiary alicyclic amines) is 1. The van der Waals surface area contributed by atoms with Crippen LogP contribution in [-0.2, 0) is 7.05 Å². The van der Waals surface area contributed by atoms with Gasteiger partial charge in [-0.15, -0.1) is 0 Å². The van der Waals surface area contributed by atoms with Crippen LogP contribution in [0.4, 0.5) is 22.9 Å². The Morgan fingerprint density at radius 1 is 0.935 bits per heavy atom. The zero-order chi connectivity index (χ0) is 32.4. The smallest absolute Gasteiger partial charge is 0.269 e. The van der Waals surface area contributed by atoms with Crippen molar-refractivity contribution in [1.29, 1.82) is 0 Å². The number of nitrogen functional groups attached to an aromatic ring is 1. The van der Waals surface area contributed by atoms with Crippen LogP contribution in [0.15, 0.2) is 97.5 Å². The van der Waals surface area contributed by atoms with Gasteiger partial charge >= 0.3 is 0 Å². The zero-order valence-electron chi connectivity index (χ0n) is 25.3. The van der Waals surface area contributed by atoms with Crippen LogP contribution in [0, 0.1) is 10.1 Å². The number of hydrogen-bond acceptors (Lipinski definition) is 8. The molecule has 5 aromatic rings. The maximum absolute atomic E-state index is 13.3. The van der Waals surface area contributed by atoms with E-state index in [1.165, 1.54) is 12.1 Å². The Kier molecular flexibility index (Phi) is 8.17. The molecule has 0 spiro atoms. The third-order valence-corrected chi connectivity index (χ3v) is 8.18. The Morgan fingerprint density at radius 2 is 1.57 bits per heavy atom. The van der Waals surface area contributed by atoms with Crippen molar-refractivity contribution in [3.8, 4) is 22.3 Å². The molecular weight excluding hydrogens is 584 g/mol. The third-order valence-electron chi connectivity index (χ3n) is 8.18. The summed E-state index contributed by atoms with van der Waals surface area (Å²) in [5, 5.41) is 18.1. The molecule has 46 heavy (non-hydrogen) atoms. The van der Waals surface area contributed by atoms with Crippen LogP contribution in [0.3, 0.4) is 0 Å². The number of nitrogens with zero attached hydrogens (tertiary/aromatic N) is 6. The zero-order valence-corrected chi connectivity index (χ0v) is 25.3. The first kappa shape index (κ1) is 30.0. The second-order valence-corrected chi connectivity index (χ2v) is 11.2. The van der Waals surface area contributed by atoms with Crippen LogP contribution in [0.2, 0.25) is 0 Å². The largest absolute Gasteiger partial charge is 0.383 e. The lowest BCUT2D eigenvalue weighted by atomic mass is 10.0. The summed E-state index contributed by atoms with van der Waals surface area (Å²) in [6.07, 6.45) is 5.78. The summed E-state index contributed by atoms with van der Waals surface area (Å²) in [7, 11) is 3.72. The van der Waals surface area contributed by atoms with E-state index >= 15 is 0 Å². The predicted molar refractivity (Wildman–Crippen MR) is 176 cm³/mol. The molecule has 0 saturated carbocycles. The van der Waals surface area contributed by atoms with E-state index < -0.39 is 4.92 Å². The monoisotopic (exact) mass is 616 g/mol. The van der Waals surface area contributed by atoms with Gasteiger partial charge in [0.2, 0.25) is 0 Å². The van der Waals surface area contributed by atoms with E-state index in [1.807, 2.05) is 73.7 Å². The molecule has 2 amide bonds. The maximum atomic E-state index is 13.3. The van der Waals surface area contributed by atoms with Crippen LogP contribution in [0.1, 0.15) is 27.1 Å². The van der Waals surface area contributed by atoms with E-state index in [0.717, 1.165) is 33.6 Å². The Hall–Kier alpha value is -6.04. The number of nitrogens with one attached hydrogen (secondary N) is 1. The summed E-state index contributed by atoms with van der Waals surface area (Å²) in [5.74, 6) is -0.283. The number of pyridine rings is 1. The van der Waals surface area contributed by atoms with Gasteiger partial charge in [0.25, 0.3) is 17.5 Å². The minimum absolute atomic E-state index is 0.0493. The molecular formula is C34H32N8O4. The number of carbonyl (C=O) groups is 2. The molecule has 1 aliphatic rings. The van der Waals surface area contributed by atoms with Crippen molar-refractivity contribution in [2.45, 2.75) is 12.5 Å². The first-order valence-corrected chi connectivity index (χ1v) is 14.7. The predicted octanol–water partition coefficient (Wildman–Crippen LogP) is 5.05. The fraction of sp³-hybridized carbons (Fsp3) is 0.176. The molecule has 0 unspecified atom stereocenters. The van der Waals surface area contributed by atoms with E-state index in [2.05, 4.69) is 15.4 Å². The van der Waals surface area contributed by atoms with Crippen molar-refractivity contribution in [3.05, 3.63) is 119 Å². The molecule has 1 atom stereocenters. The molecule has 0 radical (unpaired) electrons. The Bertz CT molecular complexity index is 1900. The van der Waals surface area contributed by atoms with Crippen molar-refractivity contribution in [2.24, 2.45) is 7.05 Å². The molecule has 1 saturated heterocycles. The summed E-state index contributed by atoms with van der Waals surface area (Å²) in [6.45, 7) is 0.921. The first-order chi connectivity index (χ1) is 22.2. The number of rotatable bonds is 8. The molecule has 1 fully saturated rings. The fourth-order valence-corrected chi connectivity index (χ4v) is 5.52. The number of carbonyl (C=O) groups excluding carboxylic acids is 2. The van der Waals surface area contributed by atoms with Crippen LogP contribution in [0.25, 0.3) is 22.3 Å². The molecule has 2 aromatic heterocycles. The highest BCUT2D eigenvalue weighted by atomic mass is 16.6. The minimum Gasteiger partial charge on any atom is -0.383 e. The maximum Gasteiger partial charge on any atom is 0.269 e. The first-order valence-electron chi connectivity index (χ1n) is 14.7. The number of amides is 2. The van der Waals surface area contributed by atoms with Crippen molar-refractivity contribution in [2.75, 3.05) is 30.8 Å². The second-order valence-electron chi connectivity index (χ2n) is 11.2. The number of anilines is 3. The number of non-ortho nitro benzene ring substituents is 1. The fourth-order valence-electron chi connectivity index (χ4n) is 5.52. The van der Waals surface area contributed by atoms with Crippen molar-refractivity contribution < 1.29 is 14.5 Å². The molecule has 12 nitrogen and oxygen atoms in total. The summed E-state index contributed by atoms with van der Waals surface area (Å²) < 4.78 is 1.67. The Labute approximate surface area is 265 Å². The highest BCUT2D eigenvalue weighted by Crippen LogP contribution is 2.29. The molecule has 3 heterocycles. The Morgan fingerprint density at radius 3 is 2.17 bits per heavy atom. The SMILES string of the molecule is CN(c1ccc(-c2ccc(C(=O)N3CC[C@@H](NC(=O)c4cc(-c5cnn(C)c5)cnc4N)C3)cc2)cc1)c1ccc([N+](=O)[O-])cc1. The van der Waals surface area contributed by atoms with Gasteiger partial charge in [-0.25, -0.2) is 4.98 Å². The van der Waals surface area contributed by atoms with Crippen molar-refractivity contribution in [1.82, 2.24) is 25.0 Å². The number of benzene rings is 3. The normalized spacial score (nSPS) is 14.2. The lowest BCUT2D eigenvalue weighted by Gasteiger charge is -2.20. The van der Waals surface area contributed by atoms with E-state index in [9.17, 15) is 19.7 Å². The average Bonchev–Trinajstić information content (AvgIpc) is 3.73. The molecule has 1 aliphatic heterocycles. The van der Waals surface area contributed by atoms with E-state index in [-0.39, 0.29) is 34.9 Å². The molecule has 3 N–H and O–H groups in total. The van der Waals surface area contributed by atoms with Crippen LogP contribution in [-0.4, -0.2) is 62.6 Å². The molecule has 0 bridgehead atoms. The highest BCUT2D eigenvalue weighted by Gasteiger charge is 2.29. The van der Waals surface area contributed by atoms with Gasteiger partial charge in [0.15, 0.2) is 0 Å². The van der Waals surface area contributed by atoms with Gasteiger partial charge in [0.1, 0.15) is 5.82 Å². The summed E-state index contributed by atoms with van der Waals surface area (Å²) in [6, 6.07) is 23.3. The van der Waals surface area contributed by atoms with Gasteiger partial charge in [-0.3, -0.25) is 24.4 Å². The number of aryl methyl sites for hydroxylation is 1. The van der Waals surface area contributed by atoms with Gasteiger partial charge in [0, 0.05) is 85.8 Å². The molecule has 12 heteroatoms. The molecule has 6 rings (SSSR count). The summed E-state index contributed by atoms with van der Waals surface area (Å²) in [5.41, 5.74) is 12.2. The second kappa shape index (κ2) is 12.5. The minimum atomic E-state index is -0.416. The average molecular weight is 617 g/mol. The molecule has 3 aromatic carbocycles. The van der Waals surface area contributed by atoms with Gasteiger partial charge < -0.3 is 20.9 Å². The number of nitro groups is 1. The topological polar surface area (TPSA) is 153 Å². The van der Waals surface area contributed by atoms with E-state index in [1.54, 1.807) is 40.2 Å². The quantitative estimate of drug-likeness (QED) is 0.181. The highest BCUT2D eigenvalue weighted by molar-refractivity contribution is 6.00. The van der Waals surface area contributed by atoms with Crippen LogP contribution < -0.4 is 16.0 Å². The van der Waals surface area contributed by atoms with Crippen LogP contribution in [0.5, 0.6) is 0 Å².